The lowest BCUT2D eigenvalue weighted by atomic mass is 10.1. The minimum atomic E-state index is -0.583. The van der Waals surface area contributed by atoms with Crippen molar-refractivity contribution in [3.63, 3.8) is 0 Å². The van der Waals surface area contributed by atoms with Crippen LogP contribution < -0.4 is 16.6 Å². The number of thiazole rings is 1. The molecular formula is C24H24N4O3S2. The van der Waals surface area contributed by atoms with Gasteiger partial charge in [-0.15, -0.1) is 11.3 Å². The van der Waals surface area contributed by atoms with E-state index in [1.54, 1.807) is 12.1 Å². The molecule has 0 saturated heterocycles. The molecule has 1 N–H and O–H groups in total. The number of hydrogen-bond acceptors (Lipinski definition) is 6. The molecule has 2 heterocycles. The number of nitrogens with zero attached hydrogens (tertiary/aromatic N) is 3. The summed E-state index contributed by atoms with van der Waals surface area (Å²) >= 11 is 2.62. The summed E-state index contributed by atoms with van der Waals surface area (Å²) in [4.78, 5) is 43.8. The number of nitrogens with one attached hydrogen (secondary N) is 1. The third-order valence-electron chi connectivity index (χ3n) is 5.35. The Kier molecular flexibility index (Phi) is 6.80. The molecule has 0 radical (unpaired) electrons. The Morgan fingerprint density at radius 3 is 2.36 bits per heavy atom. The molecule has 170 valence electrons. The third kappa shape index (κ3) is 4.79. The van der Waals surface area contributed by atoms with Crippen molar-refractivity contribution in [3.8, 4) is 5.69 Å². The summed E-state index contributed by atoms with van der Waals surface area (Å²) in [5.41, 5.74) is 2.91. The SMILES string of the molecule is CCc1ccc(-n2c(=O)c3sc(SC)nc3n(CC(=O)NCc3ccc(C)cc3)c2=O)cc1. The highest BCUT2D eigenvalue weighted by molar-refractivity contribution is 8.00. The van der Waals surface area contributed by atoms with Gasteiger partial charge in [-0.3, -0.25) is 14.2 Å². The molecule has 1 amide bonds. The van der Waals surface area contributed by atoms with Crippen LogP contribution in [0.3, 0.4) is 0 Å². The van der Waals surface area contributed by atoms with Crippen molar-refractivity contribution in [2.24, 2.45) is 0 Å². The second-order valence-electron chi connectivity index (χ2n) is 7.63. The second kappa shape index (κ2) is 9.76. The molecule has 0 bridgehead atoms. The van der Waals surface area contributed by atoms with Crippen LogP contribution in [-0.2, 0) is 24.3 Å². The van der Waals surface area contributed by atoms with E-state index in [1.165, 1.54) is 27.7 Å². The lowest BCUT2D eigenvalue weighted by Crippen LogP contribution is -2.41. The maximum atomic E-state index is 13.4. The number of benzene rings is 2. The zero-order valence-electron chi connectivity index (χ0n) is 18.6. The topological polar surface area (TPSA) is 86.0 Å². The van der Waals surface area contributed by atoms with Gasteiger partial charge in [0, 0.05) is 6.54 Å². The molecule has 0 saturated carbocycles. The zero-order chi connectivity index (χ0) is 23.5. The fraction of sp³-hybridized carbons (Fsp3) is 0.250. The van der Waals surface area contributed by atoms with E-state index in [0.717, 1.165) is 27.7 Å². The van der Waals surface area contributed by atoms with Gasteiger partial charge in [0.1, 0.15) is 11.2 Å². The van der Waals surface area contributed by atoms with E-state index >= 15 is 0 Å². The molecule has 0 spiro atoms. The first-order valence-electron chi connectivity index (χ1n) is 10.5. The zero-order valence-corrected chi connectivity index (χ0v) is 20.3. The number of aromatic nitrogens is 3. The van der Waals surface area contributed by atoms with Crippen molar-refractivity contribution in [2.45, 2.75) is 37.7 Å². The van der Waals surface area contributed by atoms with Crippen LogP contribution in [-0.4, -0.2) is 26.3 Å². The molecule has 0 aliphatic heterocycles. The van der Waals surface area contributed by atoms with E-state index in [1.807, 2.05) is 56.5 Å². The Bertz CT molecular complexity index is 1420. The summed E-state index contributed by atoms with van der Waals surface area (Å²) in [6, 6.07) is 15.2. The second-order valence-corrected chi connectivity index (χ2v) is 9.68. The monoisotopic (exact) mass is 480 g/mol. The smallest absolute Gasteiger partial charge is 0.337 e. The summed E-state index contributed by atoms with van der Waals surface area (Å²) in [5.74, 6) is -0.329. The Hall–Kier alpha value is -3.17. The highest BCUT2D eigenvalue weighted by Gasteiger charge is 2.20. The third-order valence-corrected chi connectivity index (χ3v) is 7.37. The highest BCUT2D eigenvalue weighted by Crippen LogP contribution is 2.25. The molecule has 0 aliphatic carbocycles. The van der Waals surface area contributed by atoms with Crippen molar-refractivity contribution < 1.29 is 4.79 Å². The van der Waals surface area contributed by atoms with Gasteiger partial charge < -0.3 is 5.32 Å². The van der Waals surface area contributed by atoms with Gasteiger partial charge in [-0.1, -0.05) is 60.6 Å². The van der Waals surface area contributed by atoms with Crippen LogP contribution in [0.2, 0.25) is 0 Å². The molecule has 0 fully saturated rings. The predicted molar refractivity (Wildman–Crippen MR) is 134 cm³/mol. The van der Waals surface area contributed by atoms with Crippen molar-refractivity contribution in [2.75, 3.05) is 6.26 Å². The van der Waals surface area contributed by atoms with E-state index in [2.05, 4.69) is 10.3 Å². The number of rotatable bonds is 7. The summed E-state index contributed by atoms with van der Waals surface area (Å²) in [5, 5.41) is 2.85. The molecule has 0 atom stereocenters. The summed E-state index contributed by atoms with van der Waals surface area (Å²) in [6.45, 7) is 4.16. The lowest BCUT2D eigenvalue weighted by molar-refractivity contribution is -0.121. The Labute approximate surface area is 199 Å². The van der Waals surface area contributed by atoms with Crippen molar-refractivity contribution in [3.05, 3.63) is 86.1 Å². The molecule has 33 heavy (non-hydrogen) atoms. The molecule has 0 unspecified atom stereocenters. The van der Waals surface area contributed by atoms with Crippen LogP contribution >= 0.6 is 23.1 Å². The van der Waals surface area contributed by atoms with E-state index in [-0.39, 0.29) is 18.1 Å². The van der Waals surface area contributed by atoms with Gasteiger partial charge >= 0.3 is 5.69 Å². The minimum Gasteiger partial charge on any atom is -0.350 e. The first-order chi connectivity index (χ1) is 15.9. The quantitative estimate of drug-likeness (QED) is 0.409. The van der Waals surface area contributed by atoms with E-state index in [4.69, 9.17) is 0 Å². The van der Waals surface area contributed by atoms with Crippen molar-refractivity contribution in [1.29, 1.82) is 0 Å². The van der Waals surface area contributed by atoms with E-state index < -0.39 is 11.2 Å². The van der Waals surface area contributed by atoms with Gasteiger partial charge in [0.15, 0.2) is 9.99 Å². The Balaban J connectivity index is 1.73. The molecule has 2 aromatic heterocycles. The van der Waals surface area contributed by atoms with Crippen LogP contribution in [0.4, 0.5) is 0 Å². The largest absolute Gasteiger partial charge is 0.350 e. The van der Waals surface area contributed by atoms with Crippen LogP contribution in [0, 0.1) is 6.92 Å². The van der Waals surface area contributed by atoms with Gasteiger partial charge in [0.05, 0.1) is 5.69 Å². The molecule has 9 heteroatoms. The number of thioether (sulfide) groups is 1. The van der Waals surface area contributed by atoms with Crippen LogP contribution in [0.15, 0.2) is 62.5 Å². The molecule has 0 aliphatic rings. The molecule has 4 aromatic rings. The van der Waals surface area contributed by atoms with Crippen molar-refractivity contribution in [1.82, 2.24) is 19.4 Å². The van der Waals surface area contributed by atoms with Gasteiger partial charge in [0.2, 0.25) is 5.91 Å². The number of amides is 1. The summed E-state index contributed by atoms with van der Waals surface area (Å²) < 4.78 is 3.42. The average Bonchev–Trinajstić information content (AvgIpc) is 3.27. The van der Waals surface area contributed by atoms with Gasteiger partial charge in [-0.05, 0) is 42.9 Å². The summed E-state index contributed by atoms with van der Waals surface area (Å²) in [6.07, 6.45) is 2.71. The number of carbonyl (C=O) groups is 1. The van der Waals surface area contributed by atoms with E-state index in [9.17, 15) is 14.4 Å². The fourth-order valence-corrected chi connectivity index (χ4v) is 4.95. The van der Waals surface area contributed by atoms with Gasteiger partial charge in [-0.25, -0.2) is 14.3 Å². The lowest BCUT2D eigenvalue weighted by Gasteiger charge is -2.12. The minimum absolute atomic E-state index is 0.230. The Morgan fingerprint density at radius 2 is 1.73 bits per heavy atom. The number of hydrogen-bond donors (Lipinski definition) is 1. The van der Waals surface area contributed by atoms with Crippen LogP contribution in [0.5, 0.6) is 0 Å². The Morgan fingerprint density at radius 1 is 1.06 bits per heavy atom. The normalized spacial score (nSPS) is 11.1. The average molecular weight is 481 g/mol. The first-order valence-corrected chi connectivity index (χ1v) is 12.6. The first kappa shape index (κ1) is 23.0. The highest BCUT2D eigenvalue weighted by atomic mass is 32.2. The maximum absolute atomic E-state index is 13.4. The summed E-state index contributed by atoms with van der Waals surface area (Å²) in [7, 11) is 0. The fourth-order valence-electron chi connectivity index (χ4n) is 3.46. The predicted octanol–water partition coefficient (Wildman–Crippen LogP) is 3.52. The standard InChI is InChI=1S/C24H24N4O3S2/c1-4-16-9-11-18(12-10-16)28-22(30)20-21(26-23(32-3)33-20)27(24(28)31)14-19(29)25-13-17-7-5-15(2)6-8-17/h5-12H,4,13-14H2,1-3H3,(H,25,29). The molecule has 4 rings (SSSR count). The van der Waals surface area contributed by atoms with Gasteiger partial charge in [0.25, 0.3) is 5.56 Å². The molecular weight excluding hydrogens is 456 g/mol. The van der Waals surface area contributed by atoms with Gasteiger partial charge in [-0.2, -0.15) is 0 Å². The number of carbonyl (C=O) groups excluding carboxylic acids is 1. The number of aryl methyl sites for hydroxylation is 2. The van der Waals surface area contributed by atoms with E-state index in [0.29, 0.717) is 21.3 Å². The number of fused-ring (bicyclic) bond motifs is 1. The van der Waals surface area contributed by atoms with Crippen molar-refractivity contribution >= 4 is 39.4 Å². The maximum Gasteiger partial charge on any atom is 0.337 e. The van der Waals surface area contributed by atoms with Crippen LogP contribution in [0.1, 0.15) is 23.6 Å². The molecule has 7 nitrogen and oxygen atoms in total. The molecule has 2 aromatic carbocycles. The van der Waals surface area contributed by atoms with Crippen LogP contribution in [0.25, 0.3) is 16.0 Å².